The quantitative estimate of drug-likeness (QED) is 0.900. The molecule has 5 heteroatoms. The summed E-state index contributed by atoms with van der Waals surface area (Å²) in [4.78, 5) is 23.6. The summed E-state index contributed by atoms with van der Waals surface area (Å²) in [7, 11) is 0. The van der Waals surface area contributed by atoms with Crippen molar-refractivity contribution in [2.45, 2.75) is 32.1 Å². The molecule has 3 rings (SSSR count). The molecule has 1 heterocycles. The summed E-state index contributed by atoms with van der Waals surface area (Å²) >= 11 is 0. The van der Waals surface area contributed by atoms with E-state index in [-0.39, 0.29) is 17.6 Å². The molecule has 2 aromatic carbocycles. The van der Waals surface area contributed by atoms with Crippen LogP contribution in [0.25, 0.3) is 0 Å². The first kappa shape index (κ1) is 16.2. The number of fused-ring (bicyclic) bond motifs is 1. The molecule has 0 spiro atoms. The molecule has 2 aromatic rings. The standard InChI is InChI=1S/C19H19FN2O2/c20-15-7-4-13(5-8-15)6-11-19(24)21-16-9-10-17-14(12-16)2-1-3-18(23)22-17/h4-5,7-10,12H,1-3,6,11H2,(H,21,24)(H,22,23). The third-order valence-electron chi connectivity index (χ3n) is 4.07. The SMILES string of the molecule is O=C(CCc1ccc(F)cc1)Nc1ccc2c(c1)CCCC(=O)N2. The Morgan fingerprint density at radius 3 is 2.71 bits per heavy atom. The van der Waals surface area contributed by atoms with Crippen molar-refractivity contribution in [1.29, 1.82) is 0 Å². The van der Waals surface area contributed by atoms with Crippen LogP contribution in [0.1, 0.15) is 30.4 Å². The van der Waals surface area contributed by atoms with Crippen LogP contribution in [0.3, 0.4) is 0 Å². The van der Waals surface area contributed by atoms with Gasteiger partial charge in [-0.25, -0.2) is 4.39 Å². The minimum atomic E-state index is -0.278. The zero-order valence-electron chi connectivity index (χ0n) is 13.3. The first-order chi connectivity index (χ1) is 11.6. The highest BCUT2D eigenvalue weighted by Crippen LogP contribution is 2.25. The van der Waals surface area contributed by atoms with E-state index in [1.165, 1.54) is 12.1 Å². The molecule has 0 aliphatic carbocycles. The predicted octanol–water partition coefficient (Wildman–Crippen LogP) is 3.67. The number of carbonyl (C=O) groups excluding carboxylic acids is 2. The van der Waals surface area contributed by atoms with Crippen LogP contribution in [-0.2, 0) is 22.4 Å². The number of halogens is 1. The van der Waals surface area contributed by atoms with Gasteiger partial charge in [0.25, 0.3) is 0 Å². The van der Waals surface area contributed by atoms with Crippen LogP contribution in [0.15, 0.2) is 42.5 Å². The Morgan fingerprint density at radius 2 is 1.92 bits per heavy atom. The van der Waals surface area contributed by atoms with Gasteiger partial charge in [0.1, 0.15) is 5.82 Å². The van der Waals surface area contributed by atoms with Crippen molar-refractivity contribution < 1.29 is 14.0 Å². The van der Waals surface area contributed by atoms with Crippen LogP contribution in [0, 0.1) is 5.82 Å². The van der Waals surface area contributed by atoms with Crippen LogP contribution in [-0.4, -0.2) is 11.8 Å². The van der Waals surface area contributed by atoms with Gasteiger partial charge in [0, 0.05) is 24.2 Å². The largest absolute Gasteiger partial charge is 0.326 e. The molecular formula is C19H19FN2O2. The third-order valence-corrected chi connectivity index (χ3v) is 4.07. The summed E-state index contributed by atoms with van der Waals surface area (Å²) in [6.45, 7) is 0. The number of carbonyl (C=O) groups is 2. The van der Waals surface area contributed by atoms with Gasteiger partial charge in [0.05, 0.1) is 0 Å². The second-order valence-electron chi connectivity index (χ2n) is 5.95. The Kier molecular flexibility index (Phi) is 4.89. The number of nitrogens with one attached hydrogen (secondary N) is 2. The van der Waals surface area contributed by atoms with E-state index in [1.807, 2.05) is 12.1 Å². The van der Waals surface area contributed by atoms with Crippen LogP contribution >= 0.6 is 0 Å². The summed E-state index contributed by atoms with van der Waals surface area (Å²) in [6, 6.07) is 11.7. The normalized spacial score (nSPS) is 13.6. The van der Waals surface area contributed by atoms with Crippen molar-refractivity contribution in [3.63, 3.8) is 0 Å². The van der Waals surface area contributed by atoms with E-state index < -0.39 is 0 Å². The zero-order chi connectivity index (χ0) is 16.9. The second kappa shape index (κ2) is 7.25. The number of rotatable bonds is 4. The number of aryl methyl sites for hydroxylation is 2. The minimum absolute atomic E-state index is 0.0323. The average Bonchev–Trinajstić information content (AvgIpc) is 2.74. The summed E-state index contributed by atoms with van der Waals surface area (Å²) in [5.74, 6) is -0.331. The van der Waals surface area contributed by atoms with Gasteiger partial charge in [-0.15, -0.1) is 0 Å². The van der Waals surface area contributed by atoms with Crippen LogP contribution in [0.4, 0.5) is 15.8 Å². The Bertz CT molecular complexity index is 756. The van der Waals surface area contributed by atoms with Gasteiger partial charge in [-0.2, -0.15) is 0 Å². The van der Waals surface area contributed by atoms with Crippen molar-refractivity contribution in [1.82, 2.24) is 0 Å². The molecule has 1 aliphatic heterocycles. The molecule has 0 saturated carbocycles. The Morgan fingerprint density at radius 1 is 1.12 bits per heavy atom. The van der Waals surface area contributed by atoms with Crippen molar-refractivity contribution in [3.05, 3.63) is 59.4 Å². The smallest absolute Gasteiger partial charge is 0.224 e. The molecule has 124 valence electrons. The van der Waals surface area contributed by atoms with Crippen molar-refractivity contribution in [3.8, 4) is 0 Å². The lowest BCUT2D eigenvalue weighted by Crippen LogP contribution is -2.13. The highest BCUT2D eigenvalue weighted by Gasteiger charge is 2.13. The van der Waals surface area contributed by atoms with Crippen LogP contribution in [0.2, 0.25) is 0 Å². The molecule has 4 nitrogen and oxygen atoms in total. The highest BCUT2D eigenvalue weighted by molar-refractivity contribution is 5.94. The lowest BCUT2D eigenvalue weighted by molar-refractivity contribution is -0.117. The van der Waals surface area contributed by atoms with Gasteiger partial charge in [0.15, 0.2) is 0 Å². The van der Waals surface area contributed by atoms with E-state index in [0.717, 1.165) is 35.3 Å². The summed E-state index contributed by atoms with van der Waals surface area (Å²) in [5, 5.41) is 5.75. The van der Waals surface area contributed by atoms with E-state index in [4.69, 9.17) is 0 Å². The molecular weight excluding hydrogens is 307 g/mol. The lowest BCUT2D eigenvalue weighted by atomic mass is 10.1. The Labute approximate surface area is 140 Å². The van der Waals surface area contributed by atoms with Crippen LogP contribution in [0.5, 0.6) is 0 Å². The number of amides is 2. The van der Waals surface area contributed by atoms with E-state index in [2.05, 4.69) is 10.6 Å². The van der Waals surface area contributed by atoms with Gasteiger partial charge in [0.2, 0.25) is 11.8 Å². The molecule has 0 unspecified atom stereocenters. The highest BCUT2D eigenvalue weighted by atomic mass is 19.1. The van der Waals surface area contributed by atoms with E-state index in [1.54, 1.807) is 18.2 Å². The first-order valence-electron chi connectivity index (χ1n) is 8.07. The maximum atomic E-state index is 12.9. The van der Waals surface area contributed by atoms with Gasteiger partial charge < -0.3 is 10.6 Å². The topological polar surface area (TPSA) is 58.2 Å². The van der Waals surface area contributed by atoms with Crippen molar-refractivity contribution in [2.75, 3.05) is 10.6 Å². The van der Waals surface area contributed by atoms with E-state index in [0.29, 0.717) is 19.3 Å². The fraction of sp³-hybridized carbons (Fsp3) is 0.263. The molecule has 0 aromatic heterocycles. The maximum absolute atomic E-state index is 12.9. The lowest BCUT2D eigenvalue weighted by Gasteiger charge is -2.10. The molecule has 24 heavy (non-hydrogen) atoms. The molecule has 1 aliphatic rings. The first-order valence-corrected chi connectivity index (χ1v) is 8.07. The third kappa shape index (κ3) is 4.19. The monoisotopic (exact) mass is 326 g/mol. The Hall–Kier alpha value is -2.69. The number of benzene rings is 2. The van der Waals surface area contributed by atoms with Gasteiger partial charge in [-0.05, 0) is 60.7 Å². The van der Waals surface area contributed by atoms with E-state index >= 15 is 0 Å². The molecule has 0 saturated heterocycles. The molecule has 0 radical (unpaired) electrons. The Balaban J connectivity index is 1.59. The number of hydrogen-bond donors (Lipinski definition) is 2. The molecule has 2 amide bonds. The molecule has 0 bridgehead atoms. The van der Waals surface area contributed by atoms with Gasteiger partial charge in [-0.3, -0.25) is 9.59 Å². The molecule has 2 N–H and O–H groups in total. The predicted molar refractivity (Wildman–Crippen MR) is 91.4 cm³/mol. The fourth-order valence-electron chi connectivity index (χ4n) is 2.78. The van der Waals surface area contributed by atoms with Gasteiger partial charge in [-0.1, -0.05) is 12.1 Å². The molecule has 0 atom stereocenters. The van der Waals surface area contributed by atoms with Crippen molar-refractivity contribution >= 4 is 23.2 Å². The minimum Gasteiger partial charge on any atom is -0.326 e. The summed E-state index contributed by atoms with van der Waals surface area (Å²) in [5.41, 5.74) is 3.52. The number of hydrogen-bond acceptors (Lipinski definition) is 2. The summed E-state index contributed by atoms with van der Waals surface area (Å²) in [6.07, 6.45) is 3.04. The van der Waals surface area contributed by atoms with Gasteiger partial charge >= 0.3 is 0 Å². The summed E-state index contributed by atoms with van der Waals surface area (Å²) < 4.78 is 12.9. The van der Waals surface area contributed by atoms with Crippen molar-refractivity contribution in [2.24, 2.45) is 0 Å². The average molecular weight is 326 g/mol. The second-order valence-corrected chi connectivity index (χ2v) is 5.95. The zero-order valence-corrected chi connectivity index (χ0v) is 13.3. The van der Waals surface area contributed by atoms with E-state index in [9.17, 15) is 14.0 Å². The fourth-order valence-corrected chi connectivity index (χ4v) is 2.78. The van der Waals surface area contributed by atoms with Crippen LogP contribution < -0.4 is 10.6 Å². The molecule has 0 fully saturated rings. The maximum Gasteiger partial charge on any atom is 0.224 e. The number of anilines is 2.